The molecule has 2 fully saturated rings. The normalized spacial score (nSPS) is 21.1. The SMILES string of the molecule is Fc1cccc(CN2CCN(Cc3cnc(NC[C@H]4CCCO4)nc3)CC2)c1. The van der Waals surface area contributed by atoms with E-state index in [0.29, 0.717) is 5.95 Å². The molecular weight excluding hydrogens is 357 g/mol. The number of rotatable bonds is 7. The molecule has 0 amide bonds. The summed E-state index contributed by atoms with van der Waals surface area (Å²) in [5, 5.41) is 3.26. The number of piperazine rings is 1. The molecule has 2 aromatic rings. The van der Waals surface area contributed by atoms with Crippen molar-refractivity contribution in [2.75, 3.05) is 44.6 Å². The lowest BCUT2D eigenvalue weighted by Gasteiger charge is -2.34. The van der Waals surface area contributed by atoms with Gasteiger partial charge in [-0.25, -0.2) is 14.4 Å². The van der Waals surface area contributed by atoms with Crippen LogP contribution in [0.15, 0.2) is 36.7 Å². The molecule has 1 aromatic heterocycles. The van der Waals surface area contributed by atoms with Gasteiger partial charge in [0.25, 0.3) is 0 Å². The Morgan fingerprint density at radius 3 is 2.39 bits per heavy atom. The molecule has 0 spiro atoms. The summed E-state index contributed by atoms with van der Waals surface area (Å²) in [4.78, 5) is 13.7. The molecule has 0 aliphatic carbocycles. The summed E-state index contributed by atoms with van der Waals surface area (Å²) in [7, 11) is 0. The van der Waals surface area contributed by atoms with Crippen LogP contribution in [0.5, 0.6) is 0 Å². The average Bonchev–Trinajstić information content (AvgIpc) is 3.23. The van der Waals surface area contributed by atoms with Crippen LogP contribution in [0.25, 0.3) is 0 Å². The number of anilines is 1. The Balaban J connectivity index is 1.20. The standard InChI is InChI=1S/C21H28FN5O/c22-19-4-1-3-17(11-19)15-26-6-8-27(9-7-26)16-18-12-23-21(24-13-18)25-14-20-5-2-10-28-20/h1,3-4,11-13,20H,2,5-10,14-16H2,(H,23,24,25)/t20-/m1/s1. The number of aromatic nitrogens is 2. The van der Waals surface area contributed by atoms with Gasteiger partial charge in [0.05, 0.1) is 6.10 Å². The molecule has 7 heteroatoms. The molecule has 2 aliphatic rings. The number of ether oxygens (including phenoxy) is 1. The van der Waals surface area contributed by atoms with Crippen LogP contribution in [0.1, 0.15) is 24.0 Å². The molecule has 1 aromatic carbocycles. The van der Waals surface area contributed by atoms with Gasteiger partial charge in [0, 0.05) is 70.4 Å². The molecule has 6 nitrogen and oxygen atoms in total. The second kappa shape index (κ2) is 9.41. The van der Waals surface area contributed by atoms with Gasteiger partial charge < -0.3 is 10.1 Å². The molecular formula is C21H28FN5O. The van der Waals surface area contributed by atoms with Gasteiger partial charge in [-0.1, -0.05) is 12.1 Å². The molecule has 1 N–H and O–H groups in total. The first kappa shape index (κ1) is 19.2. The number of nitrogens with one attached hydrogen (secondary N) is 1. The summed E-state index contributed by atoms with van der Waals surface area (Å²) in [6, 6.07) is 6.88. The summed E-state index contributed by atoms with van der Waals surface area (Å²) >= 11 is 0. The largest absolute Gasteiger partial charge is 0.376 e. The maximum atomic E-state index is 13.3. The smallest absolute Gasteiger partial charge is 0.222 e. The highest BCUT2D eigenvalue weighted by Gasteiger charge is 2.18. The third-order valence-corrected chi connectivity index (χ3v) is 5.38. The molecule has 0 radical (unpaired) electrons. The average molecular weight is 385 g/mol. The van der Waals surface area contributed by atoms with Crippen LogP contribution in [0.2, 0.25) is 0 Å². The number of nitrogens with zero attached hydrogens (tertiary/aromatic N) is 4. The fraction of sp³-hybridized carbons (Fsp3) is 0.524. The maximum Gasteiger partial charge on any atom is 0.222 e. The highest BCUT2D eigenvalue weighted by molar-refractivity contribution is 5.25. The first-order valence-corrected chi connectivity index (χ1v) is 10.1. The molecule has 0 bridgehead atoms. The van der Waals surface area contributed by atoms with Crippen LogP contribution in [0, 0.1) is 5.82 Å². The molecule has 2 aliphatic heterocycles. The number of hydrogen-bond acceptors (Lipinski definition) is 6. The first-order chi connectivity index (χ1) is 13.7. The summed E-state index contributed by atoms with van der Waals surface area (Å²) in [5.41, 5.74) is 2.16. The fourth-order valence-corrected chi connectivity index (χ4v) is 3.80. The molecule has 0 saturated carbocycles. The van der Waals surface area contributed by atoms with Crippen molar-refractivity contribution in [1.82, 2.24) is 19.8 Å². The van der Waals surface area contributed by atoms with E-state index in [1.165, 1.54) is 6.07 Å². The van der Waals surface area contributed by atoms with Gasteiger partial charge in [0.1, 0.15) is 5.82 Å². The summed E-state index contributed by atoms with van der Waals surface area (Å²) in [6.45, 7) is 7.26. The number of halogens is 1. The van der Waals surface area contributed by atoms with Crippen LogP contribution in [0.4, 0.5) is 10.3 Å². The highest BCUT2D eigenvalue weighted by atomic mass is 19.1. The van der Waals surface area contributed by atoms with E-state index in [-0.39, 0.29) is 11.9 Å². The van der Waals surface area contributed by atoms with Crippen molar-refractivity contribution in [2.45, 2.75) is 32.0 Å². The second-order valence-electron chi connectivity index (χ2n) is 7.61. The predicted octanol–water partition coefficient (Wildman–Crippen LogP) is 2.52. The van der Waals surface area contributed by atoms with E-state index in [0.717, 1.165) is 76.4 Å². The quantitative estimate of drug-likeness (QED) is 0.791. The minimum atomic E-state index is -0.162. The Labute approximate surface area is 165 Å². The van der Waals surface area contributed by atoms with Crippen molar-refractivity contribution in [1.29, 1.82) is 0 Å². The predicted molar refractivity (Wildman–Crippen MR) is 106 cm³/mol. The van der Waals surface area contributed by atoms with E-state index in [1.807, 2.05) is 18.5 Å². The molecule has 0 unspecified atom stereocenters. The van der Waals surface area contributed by atoms with E-state index in [4.69, 9.17) is 4.74 Å². The third kappa shape index (κ3) is 5.47. The second-order valence-corrected chi connectivity index (χ2v) is 7.61. The minimum absolute atomic E-state index is 0.162. The number of hydrogen-bond donors (Lipinski definition) is 1. The van der Waals surface area contributed by atoms with Gasteiger partial charge in [-0.3, -0.25) is 9.80 Å². The van der Waals surface area contributed by atoms with Crippen molar-refractivity contribution >= 4 is 5.95 Å². The summed E-state index contributed by atoms with van der Waals surface area (Å²) in [5.74, 6) is 0.504. The van der Waals surface area contributed by atoms with Gasteiger partial charge in [0.2, 0.25) is 5.95 Å². The zero-order chi connectivity index (χ0) is 19.2. The molecule has 2 saturated heterocycles. The Hall–Kier alpha value is -2.09. The van der Waals surface area contributed by atoms with Crippen molar-refractivity contribution < 1.29 is 9.13 Å². The number of benzene rings is 1. The van der Waals surface area contributed by atoms with Crippen LogP contribution >= 0.6 is 0 Å². The van der Waals surface area contributed by atoms with E-state index >= 15 is 0 Å². The molecule has 150 valence electrons. The zero-order valence-corrected chi connectivity index (χ0v) is 16.2. The van der Waals surface area contributed by atoms with Crippen molar-refractivity contribution in [3.8, 4) is 0 Å². The Morgan fingerprint density at radius 1 is 1.04 bits per heavy atom. The third-order valence-electron chi connectivity index (χ3n) is 5.38. The van der Waals surface area contributed by atoms with Crippen molar-refractivity contribution in [3.63, 3.8) is 0 Å². The summed E-state index contributed by atoms with van der Waals surface area (Å²) < 4.78 is 18.9. The summed E-state index contributed by atoms with van der Waals surface area (Å²) in [6.07, 6.45) is 6.35. The van der Waals surface area contributed by atoms with Gasteiger partial charge in [-0.15, -0.1) is 0 Å². The Morgan fingerprint density at radius 2 is 1.75 bits per heavy atom. The lowest BCUT2D eigenvalue weighted by atomic mass is 10.2. The van der Waals surface area contributed by atoms with Crippen LogP contribution in [-0.2, 0) is 17.8 Å². The van der Waals surface area contributed by atoms with E-state index < -0.39 is 0 Å². The topological polar surface area (TPSA) is 53.5 Å². The van der Waals surface area contributed by atoms with Crippen molar-refractivity contribution in [2.24, 2.45) is 0 Å². The van der Waals surface area contributed by atoms with E-state index in [2.05, 4.69) is 25.1 Å². The highest BCUT2D eigenvalue weighted by Crippen LogP contribution is 2.14. The lowest BCUT2D eigenvalue weighted by Crippen LogP contribution is -2.45. The van der Waals surface area contributed by atoms with Gasteiger partial charge >= 0.3 is 0 Å². The van der Waals surface area contributed by atoms with Gasteiger partial charge in [-0.2, -0.15) is 0 Å². The van der Waals surface area contributed by atoms with Gasteiger partial charge in [-0.05, 0) is 30.5 Å². The Bertz CT molecular complexity index is 743. The van der Waals surface area contributed by atoms with Crippen LogP contribution in [0.3, 0.4) is 0 Å². The molecule has 28 heavy (non-hydrogen) atoms. The first-order valence-electron chi connectivity index (χ1n) is 10.1. The lowest BCUT2D eigenvalue weighted by molar-refractivity contribution is 0.120. The molecule has 4 rings (SSSR count). The molecule has 1 atom stereocenters. The minimum Gasteiger partial charge on any atom is -0.376 e. The van der Waals surface area contributed by atoms with Crippen LogP contribution < -0.4 is 5.32 Å². The fourth-order valence-electron chi connectivity index (χ4n) is 3.80. The van der Waals surface area contributed by atoms with E-state index in [9.17, 15) is 4.39 Å². The monoisotopic (exact) mass is 385 g/mol. The van der Waals surface area contributed by atoms with Crippen LogP contribution in [-0.4, -0.2) is 65.2 Å². The Kier molecular flexibility index (Phi) is 6.46. The molecule has 3 heterocycles. The maximum absolute atomic E-state index is 13.3. The van der Waals surface area contributed by atoms with E-state index in [1.54, 1.807) is 12.1 Å². The zero-order valence-electron chi connectivity index (χ0n) is 16.2. The van der Waals surface area contributed by atoms with Gasteiger partial charge in [0.15, 0.2) is 0 Å². The van der Waals surface area contributed by atoms with Crippen molar-refractivity contribution in [3.05, 3.63) is 53.6 Å².